The van der Waals surface area contributed by atoms with Crippen molar-refractivity contribution in [3.63, 3.8) is 0 Å². The summed E-state index contributed by atoms with van der Waals surface area (Å²) in [6.45, 7) is 2.09. The fraction of sp³-hybridized carbons (Fsp3) is 0.0930. The van der Waals surface area contributed by atoms with E-state index in [0.29, 0.717) is 5.56 Å². The van der Waals surface area contributed by atoms with Gasteiger partial charge in [0.1, 0.15) is 11.5 Å². The van der Waals surface area contributed by atoms with Gasteiger partial charge in [-0.05, 0) is 91.4 Å². The summed E-state index contributed by atoms with van der Waals surface area (Å²) < 4.78 is 17.0. The maximum absolute atomic E-state index is 12.9. The van der Waals surface area contributed by atoms with Crippen molar-refractivity contribution in [2.45, 2.75) is 6.92 Å². The van der Waals surface area contributed by atoms with Gasteiger partial charge in [-0.1, -0.05) is 48.5 Å². The van der Waals surface area contributed by atoms with Crippen LogP contribution in [0.15, 0.2) is 103 Å². The average molecular weight is 671 g/mol. The monoisotopic (exact) mass is 670 g/mol. The van der Waals surface area contributed by atoms with Crippen LogP contribution in [0.2, 0.25) is 0 Å². The lowest BCUT2D eigenvalue weighted by Crippen LogP contribution is -2.04. The van der Waals surface area contributed by atoms with Crippen LogP contribution in [0.1, 0.15) is 40.1 Å². The van der Waals surface area contributed by atoms with E-state index in [4.69, 9.17) is 24.2 Å². The molecule has 5 heterocycles. The predicted octanol–water partition coefficient (Wildman–Crippen LogP) is 9.85. The minimum atomic E-state index is -0.382. The Kier molecular flexibility index (Phi) is 8.25. The highest BCUT2D eigenvalue weighted by molar-refractivity contribution is 5.99. The highest BCUT2D eigenvalue weighted by Crippen LogP contribution is 2.40. The Labute approximate surface area is 294 Å². The molecule has 51 heavy (non-hydrogen) atoms. The number of rotatable bonds is 7. The quantitative estimate of drug-likeness (QED) is 0.164. The maximum atomic E-state index is 12.9. The molecule has 0 atom stereocenters. The van der Waals surface area contributed by atoms with Crippen molar-refractivity contribution in [2.75, 3.05) is 20.8 Å². The number of aromatic amines is 2. The molecular formula is C43H34N4O4. The molecule has 0 spiro atoms. The highest BCUT2D eigenvalue weighted by atomic mass is 16.5. The fourth-order valence-corrected chi connectivity index (χ4v) is 6.73. The number of hydrogen-bond donors (Lipinski definition) is 2. The van der Waals surface area contributed by atoms with Crippen LogP contribution in [0, 0.1) is 0 Å². The van der Waals surface area contributed by atoms with Crippen molar-refractivity contribution in [3.8, 4) is 44.9 Å². The molecule has 0 radical (unpaired) electrons. The van der Waals surface area contributed by atoms with Crippen molar-refractivity contribution in [1.29, 1.82) is 0 Å². The van der Waals surface area contributed by atoms with E-state index in [1.807, 2.05) is 109 Å². The average Bonchev–Trinajstić information content (AvgIpc) is 4.00. The number of hydrogen-bond acceptors (Lipinski definition) is 6. The number of benzene rings is 3. The fourth-order valence-electron chi connectivity index (χ4n) is 6.73. The van der Waals surface area contributed by atoms with Crippen molar-refractivity contribution < 1.29 is 19.0 Å². The zero-order valence-electron chi connectivity index (χ0n) is 28.4. The summed E-state index contributed by atoms with van der Waals surface area (Å²) >= 11 is 0. The molecule has 8 bridgehead atoms. The van der Waals surface area contributed by atoms with E-state index in [0.717, 1.165) is 89.7 Å². The molecule has 0 amide bonds. The Morgan fingerprint density at radius 3 is 1.88 bits per heavy atom. The highest BCUT2D eigenvalue weighted by Gasteiger charge is 2.20. The van der Waals surface area contributed by atoms with Gasteiger partial charge in [0.05, 0.1) is 49.2 Å². The SMILES string of the molecule is CCOC(=O)c1cccc(-c2c3nc(c(-c4ccccc4OC)c4ccc(cc5nc(c(-c6ccccc6OC)c6ccc2[nH]6)C=C5)[nH]4)C=C3)c1. The molecular weight excluding hydrogens is 636 g/mol. The molecule has 0 saturated heterocycles. The van der Waals surface area contributed by atoms with Gasteiger partial charge in [-0.15, -0.1) is 0 Å². The second-order valence-electron chi connectivity index (χ2n) is 12.1. The lowest BCUT2D eigenvalue weighted by Gasteiger charge is -2.10. The van der Waals surface area contributed by atoms with Gasteiger partial charge in [0.25, 0.3) is 0 Å². The predicted molar refractivity (Wildman–Crippen MR) is 204 cm³/mol. The first-order valence-electron chi connectivity index (χ1n) is 16.7. The van der Waals surface area contributed by atoms with E-state index >= 15 is 0 Å². The van der Waals surface area contributed by atoms with E-state index in [2.05, 4.69) is 22.1 Å². The van der Waals surface area contributed by atoms with E-state index in [9.17, 15) is 4.79 Å². The van der Waals surface area contributed by atoms with Gasteiger partial charge in [0.15, 0.2) is 0 Å². The molecule has 2 aliphatic rings. The molecule has 250 valence electrons. The number of nitrogens with one attached hydrogen (secondary N) is 2. The summed E-state index contributed by atoms with van der Waals surface area (Å²) in [6.07, 6.45) is 8.08. The molecule has 0 saturated carbocycles. The Morgan fingerprint density at radius 1 is 0.608 bits per heavy atom. The molecule has 8 rings (SSSR count). The standard InChI is InChI=1S/C43H34N4O4/c1-4-51-43(48)27-11-9-10-26(24-27)40-32-20-22-36(46-32)41(30-12-5-7-14-38(30)49-2)34-18-16-28(44-34)25-29-17-19-35(45-29)42(37-23-21-33(40)47-37)31-13-6-8-15-39(31)50-3/h5-25,44,47H,4H2,1-3H3. The van der Waals surface area contributed by atoms with Crippen molar-refractivity contribution in [1.82, 2.24) is 19.9 Å². The maximum Gasteiger partial charge on any atom is 0.338 e. The summed E-state index contributed by atoms with van der Waals surface area (Å²) in [5.74, 6) is 1.08. The minimum Gasteiger partial charge on any atom is -0.496 e. The molecule has 3 aromatic carbocycles. The third-order valence-electron chi connectivity index (χ3n) is 8.99. The topological polar surface area (TPSA) is 102 Å². The summed E-state index contributed by atoms with van der Waals surface area (Å²) in [4.78, 5) is 30.6. The second-order valence-corrected chi connectivity index (χ2v) is 12.1. The number of carbonyl (C=O) groups excluding carboxylic acids is 1. The van der Waals surface area contributed by atoms with Crippen molar-refractivity contribution in [3.05, 3.63) is 131 Å². The molecule has 3 aromatic heterocycles. The number of esters is 1. The molecule has 0 aliphatic carbocycles. The number of H-pyrrole nitrogens is 2. The zero-order chi connectivity index (χ0) is 34.9. The van der Waals surface area contributed by atoms with Crippen LogP contribution in [0.3, 0.4) is 0 Å². The number of nitrogens with zero attached hydrogens (tertiary/aromatic N) is 2. The number of carbonyl (C=O) groups is 1. The Morgan fingerprint density at radius 2 is 1.20 bits per heavy atom. The molecule has 6 aromatic rings. The first-order chi connectivity index (χ1) is 25.0. The van der Waals surface area contributed by atoms with Gasteiger partial charge in [-0.2, -0.15) is 0 Å². The minimum absolute atomic E-state index is 0.284. The van der Waals surface area contributed by atoms with Crippen LogP contribution in [-0.4, -0.2) is 46.7 Å². The summed E-state index contributed by atoms with van der Waals surface area (Å²) in [6, 6.07) is 33.6. The lowest BCUT2D eigenvalue weighted by molar-refractivity contribution is 0.0526. The van der Waals surface area contributed by atoms with E-state index < -0.39 is 0 Å². The Bertz CT molecular complexity index is 2510. The van der Waals surface area contributed by atoms with E-state index in [1.54, 1.807) is 27.2 Å². The largest absolute Gasteiger partial charge is 0.496 e. The molecule has 8 heteroatoms. The molecule has 2 aliphatic heterocycles. The van der Waals surface area contributed by atoms with Crippen LogP contribution in [0.25, 0.3) is 79.8 Å². The lowest BCUT2D eigenvalue weighted by atomic mass is 10.0. The third kappa shape index (κ3) is 5.87. The summed E-state index contributed by atoms with van der Waals surface area (Å²) in [5.41, 5.74) is 12.2. The van der Waals surface area contributed by atoms with Crippen LogP contribution >= 0.6 is 0 Å². The van der Waals surface area contributed by atoms with Gasteiger partial charge < -0.3 is 24.2 Å². The Hall–Kier alpha value is -6.67. The normalized spacial score (nSPS) is 11.8. The summed E-state index contributed by atoms with van der Waals surface area (Å²) in [7, 11) is 3.35. The smallest absolute Gasteiger partial charge is 0.338 e. The number of aromatic nitrogens is 4. The zero-order valence-corrected chi connectivity index (χ0v) is 28.4. The Balaban J connectivity index is 1.53. The molecule has 8 nitrogen and oxygen atoms in total. The second kappa shape index (κ2) is 13.3. The molecule has 0 unspecified atom stereocenters. The summed E-state index contributed by atoms with van der Waals surface area (Å²) in [5, 5.41) is 0. The van der Waals surface area contributed by atoms with Gasteiger partial charge in [-0.25, -0.2) is 14.8 Å². The van der Waals surface area contributed by atoms with E-state index in [1.165, 1.54) is 0 Å². The van der Waals surface area contributed by atoms with Crippen LogP contribution in [0.5, 0.6) is 11.5 Å². The first kappa shape index (κ1) is 31.6. The third-order valence-corrected chi connectivity index (χ3v) is 8.99. The van der Waals surface area contributed by atoms with Crippen LogP contribution in [-0.2, 0) is 4.74 Å². The first-order valence-corrected chi connectivity index (χ1v) is 16.7. The number of methoxy groups -OCH3 is 2. The van der Waals surface area contributed by atoms with Crippen LogP contribution < -0.4 is 9.47 Å². The number of ether oxygens (including phenoxy) is 3. The van der Waals surface area contributed by atoms with Gasteiger partial charge in [0.2, 0.25) is 0 Å². The molecule has 0 fully saturated rings. The number of para-hydroxylation sites is 2. The van der Waals surface area contributed by atoms with E-state index in [-0.39, 0.29) is 12.6 Å². The molecule has 2 N–H and O–H groups in total. The van der Waals surface area contributed by atoms with Gasteiger partial charge in [0, 0.05) is 49.9 Å². The van der Waals surface area contributed by atoms with Crippen LogP contribution in [0.4, 0.5) is 0 Å². The number of fused-ring (bicyclic) bond motifs is 8. The van der Waals surface area contributed by atoms with Crippen molar-refractivity contribution in [2.24, 2.45) is 0 Å². The van der Waals surface area contributed by atoms with Gasteiger partial charge in [-0.3, -0.25) is 0 Å². The van der Waals surface area contributed by atoms with Crippen molar-refractivity contribution >= 4 is 52.3 Å². The van der Waals surface area contributed by atoms with Gasteiger partial charge >= 0.3 is 5.97 Å².